The number of nitrogen functional groups attached to an aromatic ring is 1. The SMILES string of the molecule is CC(C1CCCCC1)n1c(N)nc2cc(Br)cnc21. The van der Waals surface area contributed by atoms with Gasteiger partial charge in [-0.2, -0.15) is 0 Å². The van der Waals surface area contributed by atoms with Gasteiger partial charge in [0.1, 0.15) is 5.52 Å². The van der Waals surface area contributed by atoms with Crippen molar-refractivity contribution in [3.63, 3.8) is 0 Å². The molecule has 0 saturated heterocycles. The number of pyridine rings is 1. The lowest BCUT2D eigenvalue weighted by molar-refractivity contribution is 0.269. The van der Waals surface area contributed by atoms with Crippen molar-refractivity contribution in [2.75, 3.05) is 5.73 Å². The molecule has 1 saturated carbocycles. The van der Waals surface area contributed by atoms with Crippen molar-refractivity contribution in [3.05, 3.63) is 16.7 Å². The Hall–Kier alpha value is -1.10. The van der Waals surface area contributed by atoms with Crippen LogP contribution in [0.4, 0.5) is 5.95 Å². The van der Waals surface area contributed by atoms with Gasteiger partial charge in [0.15, 0.2) is 5.65 Å². The monoisotopic (exact) mass is 322 g/mol. The van der Waals surface area contributed by atoms with Crippen molar-refractivity contribution in [2.45, 2.75) is 45.1 Å². The summed E-state index contributed by atoms with van der Waals surface area (Å²) < 4.78 is 3.05. The molecule has 0 radical (unpaired) electrons. The van der Waals surface area contributed by atoms with Crippen LogP contribution in [0.5, 0.6) is 0 Å². The number of rotatable bonds is 2. The van der Waals surface area contributed by atoms with E-state index >= 15 is 0 Å². The number of halogens is 1. The fourth-order valence-electron chi connectivity index (χ4n) is 3.20. The van der Waals surface area contributed by atoms with Crippen LogP contribution in [0.2, 0.25) is 0 Å². The highest BCUT2D eigenvalue weighted by molar-refractivity contribution is 9.10. The van der Waals surface area contributed by atoms with E-state index in [1.165, 1.54) is 32.1 Å². The van der Waals surface area contributed by atoms with Gasteiger partial charge in [0.25, 0.3) is 0 Å². The minimum absolute atomic E-state index is 0.374. The highest BCUT2D eigenvalue weighted by Crippen LogP contribution is 2.35. The fourth-order valence-corrected chi connectivity index (χ4v) is 3.52. The minimum Gasteiger partial charge on any atom is -0.369 e. The van der Waals surface area contributed by atoms with E-state index in [0.717, 1.165) is 15.6 Å². The van der Waals surface area contributed by atoms with Gasteiger partial charge in [0.2, 0.25) is 5.95 Å². The minimum atomic E-state index is 0.374. The van der Waals surface area contributed by atoms with Crippen LogP contribution < -0.4 is 5.73 Å². The third-order valence-electron chi connectivity index (χ3n) is 4.26. The van der Waals surface area contributed by atoms with Crippen molar-refractivity contribution in [3.8, 4) is 0 Å². The Morgan fingerprint density at radius 1 is 1.37 bits per heavy atom. The summed E-state index contributed by atoms with van der Waals surface area (Å²) in [7, 11) is 0. The Labute approximate surface area is 121 Å². The molecule has 2 aromatic heterocycles. The van der Waals surface area contributed by atoms with Gasteiger partial charge in [-0.1, -0.05) is 19.3 Å². The first-order valence-electron chi connectivity index (χ1n) is 6.96. The quantitative estimate of drug-likeness (QED) is 0.911. The normalized spacial score (nSPS) is 18.8. The first-order valence-corrected chi connectivity index (χ1v) is 7.75. The molecule has 5 heteroatoms. The van der Waals surface area contributed by atoms with Crippen LogP contribution in [0.1, 0.15) is 45.1 Å². The first-order chi connectivity index (χ1) is 9.16. The van der Waals surface area contributed by atoms with Gasteiger partial charge in [0, 0.05) is 16.7 Å². The van der Waals surface area contributed by atoms with Crippen LogP contribution in [0.3, 0.4) is 0 Å². The van der Waals surface area contributed by atoms with Crippen LogP contribution in [0.15, 0.2) is 16.7 Å². The molecule has 1 unspecified atom stereocenters. The van der Waals surface area contributed by atoms with Gasteiger partial charge in [-0.3, -0.25) is 4.57 Å². The predicted molar refractivity (Wildman–Crippen MR) is 80.9 cm³/mol. The van der Waals surface area contributed by atoms with Crippen molar-refractivity contribution < 1.29 is 0 Å². The number of nitrogens with two attached hydrogens (primary N) is 1. The lowest BCUT2D eigenvalue weighted by Crippen LogP contribution is -2.20. The Morgan fingerprint density at radius 2 is 2.11 bits per heavy atom. The molecule has 2 heterocycles. The number of hydrogen-bond acceptors (Lipinski definition) is 3. The number of anilines is 1. The van der Waals surface area contributed by atoms with E-state index in [2.05, 4.69) is 37.4 Å². The maximum atomic E-state index is 6.11. The molecule has 0 aromatic carbocycles. The second-order valence-electron chi connectivity index (χ2n) is 5.47. The van der Waals surface area contributed by atoms with Crippen molar-refractivity contribution in [1.82, 2.24) is 14.5 Å². The molecule has 1 atom stereocenters. The average Bonchev–Trinajstić information content (AvgIpc) is 2.74. The molecule has 0 aliphatic heterocycles. The lowest BCUT2D eigenvalue weighted by atomic mass is 9.84. The number of hydrogen-bond donors (Lipinski definition) is 1. The van der Waals surface area contributed by atoms with Gasteiger partial charge >= 0.3 is 0 Å². The number of imidazole rings is 1. The van der Waals surface area contributed by atoms with E-state index < -0.39 is 0 Å². The highest BCUT2D eigenvalue weighted by atomic mass is 79.9. The molecule has 1 aliphatic rings. The average molecular weight is 323 g/mol. The van der Waals surface area contributed by atoms with Crippen molar-refractivity contribution in [2.24, 2.45) is 5.92 Å². The second kappa shape index (κ2) is 5.12. The van der Waals surface area contributed by atoms with Crippen LogP contribution in [0.25, 0.3) is 11.2 Å². The van der Waals surface area contributed by atoms with Gasteiger partial charge in [0.05, 0.1) is 0 Å². The van der Waals surface area contributed by atoms with E-state index in [1.54, 1.807) is 0 Å². The van der Waals surface area contributed by atoms with Gasteiger partial charge < -0.3 is 5.73 Å². The topological polar surface area (TPSA) is 56.7 Å². The molecule has 4 nitrogen and oxygen atoms in total. The summed E-state index contributed by atoms with van der Waals surface area (Å²) in [5.74, 6) is 1.28. The third-order valence-corrected chi connectivity index (χ3v) is 4.70. The zero-order valence-electron chi connectivity index (χ0n) is 11.1. The van der Waals surface area contributed by atoms with Crippen LogP contribution in [-0.2, 0) is 0 Å². The molecule has 0 spiro atoms. The van der Waals surface area contributed by atoms with Gasteiger partial charge in [-0.05, 0) is 47.7 Å². The van der Waals surface area contributed by atoms with E-state index in [-0.39, 0.29) is 0 Å². The molecular formula is C14H19BrN4. The number of nitrogens with zero attached hydrogens (tertiary/aromatic N) is 3. The smallest absolute Gasteiger partial charge is 0.202 e. The zero-order valence-corrected chi connectivity index (χ0v) is 12.7. The number of aromatic nitrogens is 3. The summed E-state index contributed by atoms with van der Waals surface area (Å²) in [6.45, 7) is 2.25. The third kappa shape index (κ3) is 2.36. The van der Waals surface area contributed by atoms with Crippen LogP contribution in [-0.4, -0.2) is 14.5 Å². The summed E-state index contributed by atoms with van der Waals surface area (Å²) in [6, 6.07) is 2.35. The Bertz CT molecular complexity index is 586. The summed E-state index contributed by atoms with van der Waals surface area (Å²) in [4.78, 5) is 8.93. The Morgan fingerprint density at radius 3 is 2.84 bits per heavy atom. The first kappa shape index (κ1) is 12.9. The molecule has 19 heavy (non-hydrogen) atoms. The maximum absolute atomic E-state index is 6.11. The summed E-state index contributed by atoms with van der Waals surface area (Å²) >= 11 is 3.43. The summed E-state index contributed by atoms with van der Waals surface area (Å²) in [5, 5.41) is 0. The van der Waals surface area contributed by atoms with Crippen LogP contribution in [0, 0.1) is 5.92 Å². The van der Waals surface area contributed by atoms with Crippen LogP contribution >= 0.6 is 15.9 Å². The Kier molecular flexibility index (Phi) is 3.48. The maximum Gasteiger partial charge on any atom is 0.202 e. The highest BCUT2D eigenvalue weighted by Gasteiger charge is 2.24. The number of fused-ring (bicyclic) bond motifs is 1. The van der Waals surface area contributed by atoms with Crippen molar-refractivity contribution in [1.29, 1.82) is 0 Å². The molecule has 0 bridgehead atoms. The zero-order chi connectivity index (χ0) is 13.4. The van der Waals surface area contributed by atoms with E-state index in [4.69, 9.17) is 5.73 Å². The molecule has 2 N–H and O–H groups in total. The van der Waals surface area contributed by atoms with E-state index in [1.807, 2.05) is 12.3 Å². The van der Waals surface area contributed by atoms with Crippen molar-refractivity contribution >= 4 is 33.0 Å². The van der Waals surface area contributed by atoms with E-state index in [0.29, 0.717) is 17.9 Å². The second-order valence-corrected chi connectivity index (χ2v) is 6.39. The molecule has 1 fully saturated rings. The predicted octanol–water partition coefficient (Wildman–Crippen LogP) is 3.92. The largest absolute Gasteiger partial charge is 0.369 e. The van der Waals surface area contributed by atoms with Gasteiger partial charge in [-0.25, -0.2) is 9.97 Å². The molecule has 3 rings (SSSR count). The molecule has 1 aliphatic carbocycles. The standard InChI is InChI=1S/C14H19BrN4/c1-9(10-5-3-2-4-6-10)19-13-12(18-14(19)16)7-11(15)8-17-13/h7-10H,2-6H2,1H3,(H2,16,18). The summed E-state index contributed by atoms with van der Waals surface area (Å²) in [5.41, 5.74) is 7.88. The molecule has 0 amide bonds. The molecule has 102 valence electrons. The van der Waals surface area contributed by atoms with Gasteiger partial charge in [-0.15, -0.1) is 0 Å². The van der Waals surface area contributed by atoms with E-state index in [9.17, 15) is 0 Å². The Balaban J connectivity index is 2.01. The molecule has 2 aromatic rings. The molecular weight excluding hydrogens is 304 g/mol. The summed E-state index contributed by atoms with van der Waals surface area (Å²) in [6.07, 6.45) is 8.43. The fraction of sp³-hybridized carbons (Fsp3) is 0.571. The lowest BCUT2D eigenvalue weighted by Gasteiger charge is -2.29.